The molecule has 1 rings (SSSR count). The Morgan fingerprint density at radius 3 is 2.28 bits per heavy atom. The van der Waals surface area contributed by atoms with Crippen molar-refractivity contribution in [2.24, 2.45) is 12.5 Å². The highest BCUT2D eigenvalue weighted by Crippen LogP contribution is 2.27. The van der Waals surface area contributed by atoms with Crippen LogP contribution in [0, 0.1) is 12.3 Å². The predicted molar refractivity (Wildman–Crippen MR) is 73.7 cm³/mol. The third-order valence-corrected chi connectivity index (χ3v) is 5.23. The lowest BCUT2D eigenvalue weighted by atomic mass is 9.91. The smallest absolute Gasteiger partial charge is 0.183 e. The molecule has 4 nitrogen and oxygen atoms in total. The Labute approximate surface area is 114 Å². The van der Waals surface area contributed by atoms with Crippen LogP contribution in [0.25, 0.3) is 0 Å². The molecule has 0 saturated carbocycles. The van der Waals surface area contributed by atoms with Crippen molar-refractivity contribution in [2.75, 3.05) is 5.75 Å². The van der Waals surface area contributed by atoms with E-state index in [1.54, 1.807) is 14.0 Å². The Morgan fingerprint density at radius 2 is 1.89 bits per heavy atom. The molecule has 0 amide bonds. The van der Waals surface area contributed by atoms with Crippen LogP contribution in [-0.4, -0.2) is 24.0 Å². The molecule has 6 heteroatoms. The summed E-state index contributed by atoms with van der Waals surface area (Å²) in [4.78, 5) is 0.181. The molecule has 18 heavy (non-hydrogen) atoms. The monoisotopic (exact) mass is 292 g/mol. The standard InChI is InChI=1S/C12H21ClN2O2S/c1-9-10(11(13)15(5)14-9)18(16,17)8-6-7-12(2,3)4/h6-8H2,1-5H3. The van der Waals surface area contributed by atoms with Crippen molar-refractivity contribution >= 4 is 21.4 Å². The maximum absolute atomic E-state index is 12.2. The molecule has 0 spiro atoms. The average Bonchev–Trinajstić information content (AvgIpc) is 2.38. The Balaban J connectivity index is 2.88. The Hall–Kier alpha value is -0.550. The van der Waals surface area contributed by atoms with Crippen molar-refractivity contribution < 1.29 is 8.42 Å². The van der Waals surface area contributed by atoms with Gasteiger partial charge in [0, 0.05) is 7.05 Å². The van der Waals surface area contributed by atoms with Crippen LogP contribution in [0.1, 0.15) is 39.3 Å². The van der Waals surface area contributed by atoms with Crippen LogP contribution in [0.4, 0.5) is 0 Å². The highest BCUT2D eigenvalue weighted by molar-refractivity contribution is 7.91. The molecule has 0 bridgehead atoms. The van der Waals surface area contributed by atoms with E-state index in [9.17, 15) is 8.42 Å². The zero-order chi connectivity index (χ0) is 14.1. The van der Waals surface area contributed by atoms with Crippen LogP contribution in [-0.2, 0) is 16.9 Å². The number of sulfone groups is 1. The van der Waals surface area contributed by atoms with E-state index in [2.05, 4.69) is 25.9 Å². The molecule has 1 aromatic rings. The number of hydrogen-bond acceptors (Lipinski definition) is 3. The van der Waals surface area contributed by atoms with Gasteiger partial charge in [0.2, 0.25) is 0 Å². The summed E-state index contributed by atoms with van der Waals surface area (Å²) in [6, 6.07) is 0. The van der Waals surface area contributed by atoms with E-state index >= 15 is 0 Å². The summed E-state index contributed by atoms with van der Waals surface area (Å²) >= 11 is 5.99. The van der Waals surface area contributed by atoms with Gasteiger partial charge in [-0.25, -0.2) is 8.42 Å². The van der Waals surface area contributed by atoms with E-state index in [-0.39, 0.29) is 21.2 Å². The molecule has 104 valence electrons. The van der Waals surface area contributed by atoms with Gasteiger partial charge >= 0.3 is 0 Å². The summed E-state index contributed by atoms with van der Waals surface area (Å²) in [5.41, 5.74) is 0.613. The Morgan fingerprint density at radius 1 is 1.33 bits per heavy atom. The molecule has 0 aromatic carbocycles. The molecule has 0 N–H and O–H groups in total. The minimum absolute atomic E-state index is 0.122. The second-order valence-electron chi connectivity index (χ2n) is 5.81. The third-order valence-electron chi connectivity index (χ3n) is 2.75. The molecule has 0 aliphatic rings. The number of nitrogens with zero attached hydrogens (tertiary/aromatic N) is 2. The first kappa shape index (κ1) is 15.5. The minimum Gasteiger partial charge on any atom is -0.255 e. The molecule has 0 aliphatic heterocycles. The number of aromatic nitrogens is 2. The summed E-state index contributed by atoms with van der Waals surface area (Å²) in [5, 5.41) is 4.24. The maximum atomic E-state index is 12.2. The van der Waals surface area contributed by atoms with E-state index in [1.165, 1.54) is 4.68 Å². The number of halogens is 1. The van der Waals surface area contributed by atoms with Crippen molar-refractivity contribution in [1.29, 1.82) is 0 Å². The fourth-order valence-corrected chi connectivity index (χ4v) is 3.99. The summed E-state index contributed by atoms with van der Waals surface area (Å²) < 4.78 is 25.9. The van der Waals surface area contributed by atoms with Crippen molar-refractivity contribution in [1.82, 2.24) is 9.78 Å². The second-order valence-corrected chi connectivity index (χ2v) is 8.22. The SMILES string of the molecule is Cc1nn(C)c(Cl)c1S(=O)(=O)CCCC(C)(C)C. The molecule has 0 fully saturated rings. The van der Waals surface area contributed by atoms with Gasteiger partial charge in [-0.2, -0.15) is 5.10 Å². The van der Waals surface area contributed by atoms with E-state index in [0.29, 0.717) is 12.1 Å². The quantitative estimate of drug-likeness (QED) is 0.857. The number of aryl methyl sites for hydroxylation is 2. The molecule has 0 aliphatic carbocycles. The van der Waals surface area contributed by atoms with Crippen LogP contribution >= 0.6 is 11.6 Å². The topological polar surface area (TPSA) is 52.0 Å². The lowest BCUT2D eigenvalue weighted by molar-refractivity contribution is 0.373. The van der Waals surface area contributed by atoms with Gasteiger partial charge in [-0.1, -0.05) is 32.4 Å². The van der Waals surface area contributed by atoms with Gasteiger partial charge in [-0.15, -0.1) is 0 Å². The largest absolute Gasteiger partial charge is 0.255 e. The molecule has 0 atom stereocenters. The average molecular weight is 293 g/mol. The van der Waals surface area contributed by atoms with Gasteiger partial charge < -0.3 is 0 Å². The third kappa shape index (κ3) is 3.72. The fourth-order valence-electron chi connectivity index (χ4n) is 1.86. The number of rotatable bonds is 4. The highest BCUT2D eigenvalue weighted by Gasteiger charge is 2.25. The van der Waals surface area contributed by atoms with Crippen LogP contribution in [0.15, 0.2) is 4.90 Å². The Bertz CT molecular complexity index is 527. The van der Waals surface area contributed by atoms with Crippen molar-refractivity contribution in [2.45, 2.75) is 45.4 Å². The predicted octanol–water partition coefficient (Wildman–Crippen LogP) is 2.98. The van der Waals surface area contributed by atoms with Gasteiger partial charge in [0.05, 0.1) is 11.4 Å². The van der Waals surface area contributed by atoms with Crippen molar-refractivity contribution in [3.05, 3.63) is 10.8 Å². The zero-order valence-corrected chi connectivity index (χ0v) is 13.2. The molecule has 0 saturated heterocycles. The van der Waals surface area contributed by atoms with Crippen LogP contribution in [0.2, 0.25) is 5.15 Å². The fraction of sp³-hybridized carbons (Fsp3) is 0.750. The van der Waals surface area contributed by atoms with E-state index < -0.39 is 9.84 Å². The van der Waals surface area contributed by atoms with Gasteiger partial charge in [0.1, 0.15) is 10.0 Å². The van der Waals surface area contributed by atoms with Gasteiger partial charge in [0.25, 0.3) is 0 Å². The molecule has 1 aromatic heterocycles. The summed E-state index contributed by atoms with van der Waals surface area (Å²) in [6.07, 6.45) is 1.50. The minimum atomic E-state index is -3.34. The van der Waals surface area contributed by atoms with Crippen molar-refractivity contribution in [3.8, 4) is 0 Å². The lowest BCUT2D eigenvalue weighted by Gasteiger charge is -2.17. The van der Waals surface area contributed by atoms with E-state index in [0.717, 1.165) is 6.42 Å². The maximum Gasteiger partial charge on any atom is 0.183 e. The van der Waals surface area contributed by atoms with Crippen LogP contribution < -0.4 is 0 Å². The molecule has 0 unspecified atom stereocenters. The highest BCUT2D eigenvalue weighted by atomic mass is 35.5. The lowest BCUT2D eigenvalue weighted by Crippen LogP contribution is -2.12. The van der Waals surface area contributed by atoms with Gasteiger partial charge in [-0.3, -0.25) is 4.68 Å². The number of hydrogen-bond donors (Lipinski definition) is 0. The summed E-state index contributed by atoms with van der Waals surface area (Å²) in [6.45, 7) is 7.97. The first-order valence-corrected chi connectivity index (χ1v) is 7.99. The normalized spacial score (nSPS) is 13.0. The van der Waals surface area contributed by atoms with E-state index in [1.807, 2.05) is 0 Å². The molecule has 1 heterocycles. The molecular weight excluding hydrogens is 272 g/mol. The molecular formula is C12H21ClN2O2S. The van der Waals surface area contributed by atoms with Gasteiger partial charge in [0.15, 0.2) is 9.84 Å². The van der Waals surface area contributed by atoms with Crippen LogP contribution in [0.3, 0.4) is 0 Å². The first-order chi connectivity index (χ1) is 8.04. The van der Waals surface area contributed by atoms with Crippen LogP contribution in [0.5, 0.6) is 0 Å². The Kier molecular flexibility index (Phi) is 4.49. The van der Waals surface area contributed by atoms with Gasteiger partial charge in [-0.05, 0) is 25.2 Å². The van der Waals surface area contributed by atoms with Crippen molar-refractivity contribution in [3.63, 3.8) is 0 Å². The molecule has 0 radical (unpaired) electrons. The van der Waals surface area contributed by atoms with E-state index in [4.69, 9.17) is 11.6 Å². The summed E-state index contributed by atoms with van der Waals surface area (Å²) in [7, 11) is -1.70. The zero-order valence-electron chi connectivity index (χ0n) is 11.6. The second kappa shape index (κ2) is 5.21. The first-order valence-electron chi connectivity index (χ1n) is 5.96. The summed E-state index contributed by atoms with van der Waals surface area (Å²) in [5.74, 6) is 0.122.